The largest absolute Gasteiger partial charge is 0.478 e. The van der Waals surface area contributed by atoms with Crippen LogP contribution in [0.3, 0.4) is 0 Å². The highest BCUT2D eigenvalue weighted by Crippen LogP contribution is 2.02. The van der Waals surface area contributed by atoms with Crippen molar-refractivity contribution in [1.82, 2.24) is 9.80 Å². The summed E-state index contributed by atoms with van der Waals surface area (Å²) >= 11 is 0. The van der Waals surface area contributed by atoms with Crippen LogP contribution in [0.25, 0.3) is 0 Å². The fourth-order valence-electron chi connectivity index (χ4n) is 1.28. The van der Waals surface area contributed by atoms with E-state index in [9.17, 15) is 4.79 Å². The molecule has 0 unspecified atom stereocenters. The lowest BCUT2D eigenvalue weighted by Gasteiger charge is -2.31. The number of likely N-dealkylation sites (N-methyl/N-ethyl adjacent to an activating group) is 1. The Bertz CT molecular complexity index is 218. The van der Waals surface area contributed by atoms with Gasteiger partial charge in [-0.1, -0.05) is 0 Å². The van der Waals surface area contributed by atoms with Gasteiger partial charge in [0.1, 0.15) is 0 Å². The second kappa shape index (κ2) is 4.28. The lowest BCUT2D eigenvalue weighted by molar-refractivity contribution is -0.132. The van der Waals surface area contributed by atoms with Crippen LogP contribution in [-0.4, -0.2) is 54.1 Å². The summed E-state index contributed by atoms with van der Waals surface area (Å²) in [5, 5.41) is 8.66. The summed E-state index contributed by atoms with van der Waals surface area (Å²) in [6.45, 7) is 5.47. The van der Waals surface area contributed by atoms with Crippen molar-refractivity contribution in [2.24, 2.45) is 0 Å². The Kier molecular flexibility index (Phi) is 3.31. The third kappa shape index (κ3) is 3.06. The Morgan fingerprint density at radius 1 is 1.31 bits per heavy atom. The first kappa shape index (κ1) is 10.1. The minimum atomic E-state index is -0.834. The number of rotatable bonds is 2. The molecule has 0 spiro atoms. The van der Waals surface area contributed by atoms with E-state index in [-0.39, 0.29) is 0 Å². The zero-order valence-corrected chi connectivity index (χ0v) is 8.16. The fraction of sp³-hybridized carbons (Fsp3) is 0.667. The molecule has 1 N–H and O–H groups in total. The second-order valence-corrected chi connectivity index (χ2v) is 3.46. The van der Waals surface area contributed by atoms with E-state index in [4.69, 9.17) is 5.11 Å². The molecule has 0 bridgehead atoms. The van der Waals surface area contributed by atoms with Gasteiger partial charge in [0.25, 0.3) is 0 Å². The van der Waals surface area contributed by atoms with Crippen LogP contribution in [0, 0.1) is 0 Å². The first-order valence-corrected chi connectivity index (χ1v) is 4.44. The van der Waals surface area contributed by atoms with Crippen molar-refractivity contribution in [2.75, 3.05) is 33.2 Å². The summed E-state index contributed by atoms with van der Waals surface area (Å²) in [6, 6.07) is 0. The van der Waals surface area contributed by atoms with Crippen LogP contribution in [0.2, 0.25) is 0 Å². The van der Waals surface area contributed by atoms with Crippen LogP contribution in [0.4, 0.5) is 0 Å². The van der Waals surface area contributed by atoms with Gasteiger partial charge >= 0.3 is 5.97 Å². The molecule has 0 radical (unpaired) electrons. The van der Waals surface area contributed by atoms with Crippen molar-refractivity contribution in [3.63, 3.8) is 0 Å². The van der Waals surface area contributed by atoms with E-state index >= 15 is 0 Å². The molecular formula is C9H16N2O2. The minimum absolute atomic E-state index is 0.407. The van der Waals surface area contributed by atoms with Crippen LogP contribution < -0.4 is 0 Å². The van der Waals surface area contributed by atoms with Crippen molar-refractivity contribution in [1.29, 1.82) is 0 Å². The van der Waals surface area contributed by atoms with Gasteiger partial charge in [-0.15, -0.1) is 0 Å². The molecular weight excluding hydrogens is 168 g/mol. The number of hydrogen-bond donors (Lipinski definition) is 1. The normalized spacial score (nSPS) is 20.5. The van der Waals surface area contributed by atoms with E-state index in [0.717, 1.165) is 26.2 Å². The molecule has 0 saturated carbocycles. The Labute approximate surface area is 78.4 Å². The van der Waals surface area contributed by atoms with Gasteiger partial charge < -0.3 is 14.9 Å². The maximum atomic E-state index is 10.5. The van der Waals surface area contributed by atoms with Crippen molar-refractivity contribution in [3.8, 4) is 0 Å². The number of aliphatic carboxylic acids is 1. The SMILES string of the molecule is CC(=CN1CCN(C)CC1)C(=O)O. The zero-order valence-electron chi connectivity index (χ0n) is 8.16. The number of piperazine rings is 1. The molecule has 0 aliphatic carbocycles. The maximum Gasteiger partial charge on any atom is 0.332 e. The number of nitrogens with zero attached hydrogens (tertiary/aromatic N) is 2. The van der Waals surface area contributed by atoms with E-state index in [2.05, 4.69) is 16.8 Å². The Morgan fingerprint density at radius 3 is 2.31 bits per heavy atom. The Balaban J connectivity index is 2.46. The molecule has 0 aromatic heterocycles. The molecule has 1 rings (SSSR count). The van der Waals surface area contributed by atoms with Crippen LogP contribution in [0.15, 0.2) is 11.8 Å². The van der Waals surface area contributed by atoms with Crippen molar-refractivity contribution in [3.05, 3.63) is 11.8 Å². The Morgan fingerprint density at radius 2 is 1.85 bits per heavy atom. The van der Waals surface area contributed by atoms with Crippen LogP contribution in [0.1, 0.15) is 6.92 Å². The third-order valence-electron chi connectivity index (χ3n) is 2.25. The van der Waals surface area contributed by atoms with Gasteiger partial charge in [-0.3, -0.25) is 0 Å². The topological polar surface area (TPSA) is 43.8 Å². The average molecular weight is 184 g/mol. The molecule has 0 amide bonds. The summed E-state index contributed by atoms with van der Waals surface area (Å²) < 4.78 is 0. The molecule has 4 heteroatoms. The molecule has 1 saturated heterocycles. The molecule has 0 atom stereocenters. The van der Waals surface area contributed by atoms with E-state index in [0.29, 0.717) is 5.57 Å². The van der Waals surface area contributed by atoms with Gasteiger partial charge in [0, 0.05) is 38.0 Å². The first-order chi connectivity index (χ1) is 6.09. The van der Waals surface area contributed by atoms with Crippen molar-refractivity contribution >= 4 is 5.97 Å². The number of hydrogen-bond acceptors (Lipinski definition) is 3. The van der Waals surface area contributed by atoms with E-state index in [1.165, 1.54) is 0 Å². The van der Waals surface area contributed by atoms with Gasteiger partial charge in [-0.25, -0.2) is 4.79 Å². The van der Waals surface area contributed by atoms with E-state index < -0.39 is 5.97 Å². The van der Waals surface area contributed by atoms with Gasteiger partial charge in [-0.2, -0.15) is 0 Å². The number of carbonyl (C=O) groups is 1. The fourth-order valence-corrected chi connectivity index (χ4v) is 1.28. The molecule has 1 aliphatic rings. The molecule has 13 heavy (non-hydrogen) atoms. The monoisotopic (exact) mass is 184 g/mol. The lowest BCUT2D eigenvalue weighted by atomic mass is 10.3. The molecule has 0 aromatic rings. The highest BCUT2D eigenvalue weighted by Gasteiger charge is 2.11. The summed E-state index contributed by atoms with van der Waals surface area (Å²) in [5.74, 6) is -0.834. The van der Waals surface area contributed by atoms with Crippen LogP contribution in [0.5, 0.6) is 0 Å². The maximum absolute atomic E-state index is 10.5. The number of carboxylic acid groups (broad SMARTS) is 1. The van der Waals surface area contributed by atoms with E-state index in [1.54, 1.807) is 13.1 Å². The van der Waals surface area contributed by atoms with Crippen molar-refractivity contribution < 1.29 is 9.90 Å². The van der Waals surface area contributed by atoms with Gasteiger partial charge in [-0.05, 0) is 14.0 Å². The average Bonchev–Trinajstić information content (AvgIpc) is 2.08. The Hall–Kier alpha value is -1.03. The smallest absolute Gasteiger partial charge is 0.332 e. The van der Waals surface area contributed by atoms with E-state index in [1.807, 2.05) is 0 Å². The molecule has 1 fully saturated rings. The lowest BCUT2D eigenvalue weighted by Crippen LogP contribution is -2.42. The van der Waals surface area contributed by atoms with Crippen molar-refractivity contribution in [2.45, 2.75) is 6.92 Å². The standard InChI is InChI=1S/C9H16N2O2/c1-8(9(12)13)7-11-5-3-10(2)4-6-11/h7H,3-6H2,1-2H3,(H,12,13). The highest BCUT2D eigenvalue weighted by molar-refractivity contribution is 5.85. The van der Waals surface area contributed by atoms with Crippen LogP contribution >= 0.6 is 0 Å². The van der Waals surface area contributed by atoms with Crippen LogP contribution in [-0.2, 0) is 4.79 Å². The molecule has 74 valence electrons. The van der Waals surface area contributed by atoms with Gasteiger partial charge in [0.15, 0.2) is 0 Å². The first-order valence-electron chi connectivity index (χ1n) is 4.44. The predicted molar refractivity (Wildman–Crippen MR) is 50.5 cm³/mol. The molecule has 1 heterocycles. The van der Waals surface area contributed by atoms with Gasteiger partial charge in [0.05, 0.1) is 0 Å². The summed E-state index contributed by atoms with van der Waals surface area (Å²) in [4.78, 5) is 14.8. The zero-order chi connectivity index (χ0) is 9.84. The quantitative estimate of drug-likeness (QED) is 0.624. The highest BCUT2D eigenvalue weighted by atomic mass is 16.4. The predicted octanol–water partition coefficient (Wildman–Crippen LogP) is 0.222. The minimum Gasteiger partial charge on any atom is -0.478 e. The van der Waals surface area contributed by atoms with Gasteiger partial charge in [0.2, 0.25) is 0 Å². The summed E-state index contributed by atoms with van der Waals surface area (Å²) in [5.41, 5.74) is 0.407. The molecule has 0 aromatic carbocycles. The summed E-state index contributed by atoms with van der Waals surface area (Å²) in [7, 11) is 2.07. The second-order valence-electron chi connectivity index (χ2n) is 3.46. The number of carboxylic acids is 1. The molecule has 4 nitrogen and oxygen atoms in total. The molecule has 1 aliphatic heterocycles. The summed E-state index contributed by atoms with van der Waals surface area (Å²) in [6.07, 6.45) is 1.73. The third-order valence-corrected chi connectivity index (χ3v) is 2.25.